The van der Waals surface area contributed by atoms with E-state index in [9.17, 15) is 13.9 Å². The van der Waals surface area contributed by atoms with Gasteiger partial charge in [-0.25, -0.2) is 8.78 Å². The van der Waals surface area contributed by atoms with Crippen LogP contribution in [0.3, 0.4) is 0 Å². The summed E-state index contributed by atoms with van der Waals surface area (Å²) in [5.74, 6) is -1.20. The van der Waals surface area contributed by atoms with Crippen molar-refractivity contribution in [3.63, 3.8) is 0 Å². The minimum absolute atomic E-state index is 0. The molecule has 0 unspecified atom stereocenters. The topological polar surface area (TPSA) is 79.9 Å². The minimum atomic E-state index is -0.786. The summed E-state index contributed by atoms with van der Waals surface area (Å²) < 4.78 is 31.6. The number of halogens is 3. The van der Waals surface area contributed by atoms with E-state index < -0.39 is 17.2 Å². The van der Waals surface area contributed by atoms with Gasteiger partial charge in [0.05, 0.1) is 11.3 Å². The third-order valence-electron chi connectivity index (χ3n) is 3.47. The van der Waals surface area contributed by atoms with Crippen LogP contribution in [0, 0.1) is 11.6 Å². The zero-order valence-corrected chi connectivity index (χ0v) is 14.3. The van der Waals surface area contributed by atoms with Crippen molar-refractivity contribution in [1.82, 2.24) is 0 Å². The molecule has 0 bridgehead atoms. The normalized spacial score (nSPS) is 17.7. The lowest BCUT2D eigenvalue weighted by Crippen LogP contribution is -2.37. The van der Waals surface area contributed by atoms with Crippen molar-refractivity contribution in [3.05, 3.63) is 29.8 Å². The smallest absolute Gasteiger partial charge is 0.193 e. The Kier molecular flexibility index (Phi) is 7.43. The summed E-state index contributed by atoms with van der Waals surface area (Å²) in [6, 6.07) is 3.04. The van der Waals surface area contributed by atoms with Crippen molar-refractivity contribution < 1.29 is 18.6 Å². The first-order chi connectivity index (χ1) is 9.98. The fraction of sp³-hybridized carbons (Fsp3) is 0.500. The van der Waals surface area contributed by atoms with Crippen LogP contribution in [0.1, 0.15) is 19.3 Å². The van der Waals surface area contributed by atoms with Crippen LogP contribution in [-0.4, -0.2) is 36.4 Å². The molecule has 4 N–H and O–H groups in total. The number of hydrogen-bond acceptors (Lipinski definition) is 3. The van der Waals surface area contributed by atoms with Gasteiger partial charge in [-0.1, -0.05) is 0 Å². The molecule has 2 rings (SSSR count). The molecule has 0 spiro atoms. The van der Waals surface area contributed by atoms with E-state index in [1.54, 1.807) is 0 Å². The number of hydrogen-bond donors (Lipinski definition) is 3. The van der Waals surface area contributed by atoms with Crippen LogP contribution in [0.2, 0.25) is 0 Å². The van der Waals surface area contributed by atoms with Crippen molar-refractivity contribution in [2.24, 2.45) is 10.7 Å². The molecule has 5 nitrogen and oxygen atoms in total. The molecule has 1 aromatic carbocycles. The number of anilines is 1. The van der Waals surface area contributed by atoms with Gasteiger partial charge in [0.15, 0.2) is 5.96 Å². The van der Waals surface area contributed by atoms with Crippen LogP contribution in [0.15, 0.2) is 23.2 Å². The Labute approximate surface area is 145 Å². The molecule has 1 aliphatic rings. The molecule has 1 aromatic rings. The molecule has 1 fully saturated rings. The lowest BCUT2D eigenvalue weighted by molar-refractivity contribution is -0.0662. The van der Waals surface area contributed by atoms with Crippen LogP contribution in [0.4, 0.5) is 14.5 Å². The van der Waals surface area contributed by atoms with Crippen LogP contribution in [0.5, 0.6) is 0 Å². The molecule has 0 saturated carbocycles. The zero-order chi connectivity index (χ0) is 15.3. The third-order valence-corrected chi connectivity index (χ3v) is 3.47. The molecule has 22 heavy (non-hydrogen) atoms. The standard InChI is InChI=1S/C14H19F2N3O2.HI/c15-10-1-2-11(16)12(9-10)19-13(17)18-6-3-14(20)4-7-21-8-5-14;/h1-2,9,20H,3-8H2,(H3,17,18,19);1H. The molecule has 1 saturated heterocycles. The van der Waals surface area contributed by atoms with Gasteiger partial charge in [-0.2, -0.15) is 0 Å². The van der Waals surface area contributed by atoms with E-state index in [-0.39, 0.29) is 35.6 Å². The maximum absolute atomic E-state index is 13.4. The number of ether oxygens (including phenoxy) is 1. The first-order valence-electron chi connectivity index (χ1n) is 6.81. The Morgan fingerprint density at radius 2 is 2.05 bits per heavy atom. The van der Waals surface area contributed by atoms with Crippen LogP contribution in [-0.2, 0) is 4.74 Å². The number of nitrogens with zero attached hydrogens (tertiary/aromatic N) is 1. The molecule has 8 heteroatoms. The van der Waals surface area contributed by atoms with Crippen LogP contribution in [0.25, 0.3) is 0 Å². The maximum Gasteiger partial charge on any atom is 0.193 e. The lowest BCUT2D eigenvalue weighted by Gasteiger charge is -2.31. The summed E-state index contributed by atoms with van der Waals surface area (Å²) in [5, 5.41) is 12.7. The number of nitrogens with two attached hydrogens (primary N) is 1. The van der Waals surface area contributed by atoms with Gasteiger partial charge in [0.1, 0.15) is 11.6 Å². The predicted octanol–water partition coefficient (Wildman–Crippen LogP) is 2.24. The van der Waals surface area contributed by atoms with E-state index in [0.29, 0.717) is 39.0 Å². The summed E-state index contributed by atoms with van der Waals surface area (Å²) in [6.45, 7) is 1.36. The fourth-order valence-electron chi connectivity index (χ4n) is 2.16. The van der Waals surface area contributed by atoms with Crippen molar-refractivity contribution in [1.29, 1.82) is 0 Å². The second-order valence-corrected chi connectivity index (χ2v) is 5.10. The highest BCUT2D eigenvalue weighted by Gasteiger charge is 2.28. The Bertz CT molecular complexity index is 523. The second-order valence-electron chi connectivity index (χ2n) is 5.10. The quantitative estimate of drug-likeness (QED) is 0.391. The average molecular weight is 427 g/mol. The number of aliphatic imine (C=N–C) groups is 1. The highest BCUT2D eigenvalue weighted by atomic mass is 127. The van der Waals surface area contributed by atoms with E-state index in [4.69, 9.17) is 10.5 Å². The maximum atomic E-state index is 13.4. The lowest BCUT2D eigenvalue weighted by atomic mass is 9.91. The van der Waals surface area contributed by atoms with Gasteiger partial charge in [-0.3, -0.25) is 4.99 Å². The monoisotopic (exact) mass is 427 g/mol. The molecule has 0 aromatic heterocycles. The van der Waals surface area contributed by atoms with Gasteiger partial charge >= 0.3 is 0 Å². The van der Waals surface area contributed by atoms with E-state index >= 15 is 0 Å². The number of nitrogens with one attached hydrogen (secondary N) is 1. The van der Waals surface area contributed by atoms with Crippen LogP contribution < -0.4 is 11.1 Å². The van der Waals surface area contributed by atoms with Gasteiger partial charge in [0, 0.05) is 25.8 Å². The highest BCUT2D eigenvalue weighted by Crippen LogP contribution is 2.24. The number of rotatable bonds is 4. The van der Waals surface area contributed by atoms with Crippen LogP contribution >= 0.6 is 24.0 Å². The largest absolute Gasteiger partial charge is 0.390 e. The average Bonchev–Trinajstić information content (AvgIpc) is 2.43. The molecule has 1 aliphatic heterocycles. The second kappa shape index (κ2) is 8.59. The Morgan fingerprint density at radius 1 is 1.36 bits per heavy atom. The summed E-state index contributed by atoms with van der Waals surface area (Å²) in [4.78, 5) is 4.02. The summed E-state index contributed by atoms with van der Waals surface area (Å²) in [7, 11) is 0. The van der Waals surface area contributed by atoms with E-state index in [1.807, 2.05) is 0 Å². The summed E-state index contributed by atoms with van der Waals surface area (Å²) in [6.07, 6.45) is 1.58. The molecule has 0 radical (unpaired) electrons. The van der Waals surface area contributed by atoms with Crippen molar-refractivity contribution in [2.45, 2.75) is 24.9 Å². The number of aliphatic hydroxyl groups is 1. The Balaban J connectivity index is 0.00000242. The fourth-order valence-corrected chi connectivity index (χ4v) is 2.16. The van der Waals surface area contributed by atoms with Gasteiger partial charge in [0.2, 0.25) is 0 Å². The molecular weight excluding hydrogens is 407 g/mol. The molecular formula is C14H20F2IN3O2. The van der Waals surface area contributed by atoms with E-state index in [1.165, 1.54) is 0 Å². The molecule has 0 amide bonds. The number of benzene rings is 1. The molecule has 1 heterocycles. The minimum Gasteiger partial charge on any atom is -0.390 e. The number of guanidine groups is 1. The molecule has 0 aliphatic carbocycles. The van der Waals surface area contributed by atoms with Gasteiger partial charge in [-0.05, 0) is 31.4 Å². The van der Waals surface area contributed by atoms with Crippen molar-refractivity contribution >= 4 is 35.6 Å². The Morgan fingerprint density at radius 3 is 2.73 bits per heavy atom. The van der Waals surface area contributed by atoms with Crippen molar-refractivity contribution in [3.8, 4) is 0 Å². The first kappa shape index (κ1) is 19.0. The molecule has 124 valence electrons. The van der Waals surface area contributed by atoms with E-state index in [0.717, 1.165) is 18.2 Å². The third kappa shape index (κ3) is 5.65. The Hall–Kier alpha value is -1.00. The molecule has 0 atom stereocenters. The SMILES string of the molecule is I.NC(=NCCC1(O)CCOCC1)Nc1cc(F)ccc1F. The summed E-state index contributed by atoms with van der Waals surface area (Å²) in [5.41, 5.74) is 4.77. The van der Waals surface area contributed by atoms with Gasteiger partial charge in [0.25, 0.3) is 0 Å². The first-order valence-corrected chi connectivity index (χ1v) is 6.81. The summed E-state index contributed by atoms with van der Waals surface area (Å²) >= 11 is 0. The predicted molar refractivity (Wildman–Crippen MR) is 91.5 cm³/mol. The van der Waals surface area contributed by atoms with Gasteiger partial charge < -0.3 is 20.9 Å². The van der Waals surface area contributed by atoms with Crippen molar-refractivity contribution in [2.75, 3.05) is 25.1 Å². The zero-order valence-electron chi connectivity index (χ0n) is 12.0. The van der Waals surface area contributed by atoms with Gasteiger partial charge in [-0.15, -0.1) is 24.0 Å². The van der Waals surface area contributed by atoms with E-state index in [2.05, 4.69) is 10.3 Å². The highest BCUT2D eigenvalue weighted by molar-refractivity contribution is 14.0.